The lowest BCUT2D eigenvalue weighted by molar-refractivity contribution is -0.293. The first kappa shape index (κ1) is 23.6. The highest BCUT2D eigenvalue weighted by molar-refractivity contribution is 5.82. The number of carbonyl (C=O) groups is 1. The zero-order valence-corrected chi connectivity index (χ0v) is 16.5. The van der Waals surface area contributed by atoms with E-state index in [0.717, 1.165) is 12.1 Å². The number of rotatable bonds is 8. The second kappa shape index (κ2) is 8.61. The average Bonchev–Trinajstić information content (AvgIpc) is 3.44. The number of hydrogen-bond acceptors (Lipinski definition) is 3. The summed E-state index contributed by atoms with van der Waals surface area (Å²) in [5, 5.41) is 13.9. The van der Waals surface area contributed by atoms with Crippen LogP contribution in [0.5, 0.6) is 0 Å². The summed E-state index contributed by atoms with van der Waals surface area (Å²) in [5.74, 6) is -4.08. The van der Waals surface area contributed by atoms with Gasteiger partial charge in [0, 0.05) is 5.56 Å². The molecule has 0 heterocycles. The van der Waals surface area contributed by atoms with Crippen molar-refractivity contribution in [1.29, 1.82) is 5.26 Å². The van der Waals surface area contributed by atoms with Gasteiger partial charge in [0.2, 0.25) is 5.91 Å². The average molecular weight is 427 g/mol. The largest absolute Gasteiger partial charge is 0.455 e. The van der Waals surface area contributed by atoms with E-state index >= 15 is 0 Å². The summed E-state index contributed by atoms with van der Waals surface area (Å²) >= 11 is 0. The summed E-state index contributed by atoms with van der Waals surface area (Å²) in [5.41, 5.74) is -1.09. The van der Waals surface area contributed by atoms with Gasteiger partial charge in [0.05, 0.1) is 12.1 Å². The molecule has 0 bridgehead atoms. The van der Waals surface area contributed by atoms with Crippen molar-refractivity contribution in [3.8, 4) is 18.4 Å². The van der Waals surface area contributed by atoms with Crippen LogP contribution in [0.2, 0.25) is 0 Å². The van der Waals surface area contributed by atoms with Crippen LogP contribution in [-0.4, -0.2) is 29.6 Å². The maximum atomic E-state index is 14.3. The van der Waals surface area contributed by atoms with Gasteiger partial charge in [-0.25, -0.2) is 0 Å². The highest BCUT2D eigenvalue weighted by atomic mass is 19.4. The van der Waals surface area contributed by atoms with Crippen LogP contribution in [0.4, 0.5) is 22.0 Å². The molecule has 2 rings (SSSR count). The van der Waals surface area contributed by atoms with Crippen LogP contribution in [0, 0.1) is 29.6 Å². The fourth-order valence-corrected chi connectivity index (χ4v) is 3.01. The maximum absolute atomic E-state index is 14.3. The van der Waals surface area contributed by atoms with Crippen LogP contribution < -0.4 is 10.6 Å². The van der Waals surface area contributed by atoms with Crippen LogP contribution in [0.3, 0.4) is 0 Å². The van der Waals surface area contributed by atoms with Gasteiger partial charge < -0.3 is 5.32 Å². The van der Waals surface area contributed by atoms with Gasteiger partial charge in [-0.1, -0.05) is 31.9 Å². The molecular weight excluding hydrogens is 405 g/mol. The van der Waals surface area contributed by atoms with Gasteiger partial charge in [0.25, 0.3) is 0 Å². The number of alkyl halides is 5. The second-order valence-corrected chi connectivity index (χ2v) is 7.85. The third-order valence-electron chi connectivity index (χ3n) is 4.88. The first-order valence-corrected chi connectivity index (χ1v) is 9.35. The van der Waals surface area contributed by atoms with Crippen molar-refractivity contribution >= 4 is 5.91 Å². The number of carbonyl (C=O) groups excluding carboxylic acids is 1. The van der Waals surface area contributed by atoms with Crippen molar-refractivity contribution in [2.75, 3.05) is 0 Å². The predicted molar refractivity (Wildman–Crippen MR) is 100 cm³/mol. The number of hydrogen-bond donors (Lipinski definition) is 2. The van der Waals surface area contributed by atoms with Gasteiger partial charge in [0.1, 0.15) is 11.6 Å². The Labute approximate surface area is 171 Å². The molecule has 0 aromatic heterocycles. The molecule has 1 aliphatic rings. The fourth-order valence-electron chi connectivity index (χ4n) is 3.01. The van der Waals surface area contributed by atoms with E-state index in [-0.39, 0.29) is 12.3 Å². The number of nitriles is 1. The Morgan fingerprint density at radius 3 is 2.17 bits per heavy atom. The lowest BCUT2D eigenvalue weighted by Gasteiger charge is -2.32. The molecular formula is C21H22F5N3O. The molecule has 0 saturated heterocycles. The van der Waals surface area contributed by atoms with Crippen LogP contribution in [0.1, 0.15) is 50.3 Å². The van der Waals surface area contributed by atoms with Gasteiger partial charge in [-0.05, 0) is 42.9 Å². The molecule has 1 aliphatic carbocycles. The van der Waals surface area contributed by atoms with E-state index in [1.807, 2.05) is 11.4 Å². The van der Waals surface area contributed by atoms with E-state index in [1.54, 1.807) is 13.8 Å². The van der Waals surface area contributed by atoms with Crippen LogP contribution in [0.15, 0.2) is 24.3 Å². The standard InChI is InChI=1S/C21H22F5N3O/c1-4-14-5-7-15(8-6-14)17(20(22,23)21(24,25)26)28-18(30)16(11-13(2)3)29-19(12-27)9-10-19/h1,5-8,13,16-17,29H,9-11H2,2-3H3,(H,28,30)/t16-,17-/m0/s1. The molecule has 0 aliphatic heterocycles. The van der Waals surface area contributed by atoms with E-state index in [9.17, 15) is 32.0 Å². The van der Waals surface area contributed by atoms with Crippen molar-refractivity contribution in [3.63, 3.8) is 0 Å². The quantitative estimate of drug-likeness (QED) is 0.485. The van der Waals surface area contributed by atoms with Crippen LogP contribution >= 0.6 is 0 Å². The smallest absolute Gasteiger partial charge is 0.342 e. The number of nitrogens with one attached hydrogen (secondary N) is 2. The van der Waals surface area contributed by atoms with Gasteiger partial charge in [-0.15, -0.1) is 6.42 Å². The Kier molecular flexibility index (Phi) is 6.78. The van der Waals surface area contributed by atoms with Crippen molar-refractivity contribution < 1.29 is 26.7 Å². The van der Waals surface area contributed by atoms with Crippen LogP contribution in [0.25, 0.3) is 0 Å². The Morgan fingerprint density at radius 1 is 1.20 bits per heavy atom. The minimum atomic E-state index is -5.89. The lowest BCUT2D eigenvalue weighted by Crippen LogP contribution is -2.55. The molecule has 1 fully saturated rings. The van der Waals surface area contributed by atoms with E-state index < -0.39 is 41.2 Å². The zero-order valence-electron chi connectivity index (χ0n) is 16.5. The maximum Gasteiger partial charge on any atom is 0.455 e. The normalized spacial score (nSPS) is 17.5. The molecule has 1 aromatic carbocycles. The summed E-state index contributed by atoms with van der Waals surface area (Å²) in [7, 11) is 0. The Bertz CT molecular complexity index is 845. The molecule has 1 amide bonds. The number of nitrogens with zero attached hydrogens (tertiary/aromatic N) is 1. The van der Waals surface area contributed by atoms with Crippen molar-refractivity contribution in [3.05, 3.63) is 35.4 Å². The molecule has 1 saturated carbocycles. The summed E-state index contributed by atoms with van der Waals surface area (Å²) < 4.78 is 68.0. The third-order valence-corrected chi connectivity index (χ3v) is 4.88. The minimum Gasteiger partial charge on any atom is -0.342 e. The number of halogens is 5. The Balaban J connectivity index is 2.36. The fraction of sp³-hybridized carbons (Fsp3) is 0.524. The second-order valence-electron chi connectivity index (χ2n) is 7.85. The molecule has 2 N–H and O–H groups in total. The van der Waals surface area contributed by atoms with E-state index in [2.05, 4.69) is 11.2 Å². The molecule has 0 unspecified atom stereocenters. The Morgan fingerprint density at radius 2 is 1.77 bits per heavy atom. The van der Waals surface area contributed by atoms with Crippen molar-refractivity contribution in [2.45, 2.75) is 62.8 Å². The summed E-state index contributed by atoms with van der Waals surface area (Å²) in [6, 6.07) is 2.79. The molecule has 4 nitrogen and oxygen atoms in total. The van der Waals surface area contributed by atoms with E-state index in [1.165, 1.54) is 12.1 Å². The monoisotopic (exact) mass is 427 g/mol. The highest BCUT2D eigenvalue weighted by Gasteiger charge is 2.63. The number of terminal acetylenes is 1. The highest BCUT2D eigenvalue weighted by Crippen LogP contribution is 2.44. The van der Waals surface area contributed by atoms with Crippen molar-refractivity contribution in [2.24, 2.45) is 5.92 Å². The molecule has 9 heteroatoms. The molecule has 0 spiro atoms. The van der Waals surface area contributed by atoms with Crippen LogP contribution in [-0.2, 0) is 4.79 Å². The lowest BCUT2D eigenvalue weighted by atomic mass is 9.96. The third kappa shape index (κ3) is 5.28. The van der Waals surface area contributed by atoms with E-state index in [4.69, 9.17) is 6.42 Å². The molecule has 162 valence electrons. The first-order valence-electron chi connectivity index (χ1n) is 9.35. The molecule has 30 heavy (non-hydrogen) atoms. The topological polar surface area (TPSA) is 64.9 Å². The minimum absolute atomic E-state index is 0.0702. The van der Waals surface area contributed by atoms with Gasteiger partial charge in [-0.3, -0.25) is 10.1 Å². The molecule has 0 radical (unpaired) electrons. The van der Waals surface area contributed by atoms with E-state index in [0.29, 0.717) is 18.4 Å². The van der Waals surface area contributed by atoms with Gasteiger partial charge >= 0.3 is 12.1 Å². The van der Waals surface area contributed by atoms with Crippen molar-refractivity contribution in [1.82, 2.24) is 10.6 Å². The zero-order chi connectivity index (χ0) is 22.7. The van der Waals surface area contributed by atoms with Gasteiger partial charge in [0.15, 0.2) is 0 Å². The molecule has 2 atom stereocenters. The molecule has 1 aromatic rings. The van der Waals surface area contributed by atoms with Gasteiger partial charge in [-0.2, -0.15) is 27.2 Å². The summed E-state index contributed by atoms with van der Waals surface area (Å²) in [6.07, 6.45) is 0.414. The number of amides is 1. The Hall–Kier alpha value is -2.65. The summed E-state index contributed by atoms with van der Waals surface area (Å²) in [4.78, 5) is 12.8. The first-order chi connectivity index (χ1) is 13.8. The predicted octanol–water partition coefficient (Wildman–Crippen LogP) is 4.08. The number of benzene rings is 1. The SMILES string of the molecule is C#Cc1ccc([C@H](NC(=O)[C@H](CC(C)C)NC2(C#N)CC2)C(F)(F)C(F)(F)F)cc1. The summed E-state index contributed by atoms with van der Waals surface area (Å²) in [6.45, 7) is 3.54.